The van der Waals surface area contributed by atoms with Gasteiger partial charge in [0.15, 0.2) is 6.54 Å². The summed E-state index contributed by atoms with van der Waals surface area (Å²) in [6, 6.07) is 5.15. The first-order valence-corrected chi connectivity index (χ1v) is 7.20. The molecule has 6 heteroatoms. The second kappa shape index (κ2) is 7.32. The van der Waals surface area contributed by atoms with Gasteiger partial charge < -0.3 is 10.6 Å². The van der Waals surface area contributed by atoms with E-state index in [9.17, 15) is 13.6 Å². The second-order valence-electron chi connectivity index (χ2n) is 5.91. The molecule has 0 fully saturated rings. The fourth-order valence-corrected chi connectivity index (χ4v) is 1.92. The minimum absolute atomic E-state index is 0.0339. The van der Waals surface area contributed by atoms with Crippen LogP contribution in [0.1, 0.15) is 39.3 Å². The molecule has 1 aromatic rings. The van der Waals surface area contributed by atoms with Gasteiger partial charge in [-0.15, -0.1) is 0 Å². The monoisotopic (exact) mass is 310 g/mol. The average molecular weight is 310 g/mol. The van der Waals surface area contributed by atoms with E-state index in [1.54, 1.807) is 19.2 Å². The van der Waals surface area contributed by atoms with E-state index in [0.717, 1.165) is 6.07 Å². The van der Waals surface area contributed by atoms with Gasteiger partial charge in [0.2, 0.25) is 0 Å². The van der Waals surface area contributed by atoms with Crippen LogP contribution in [0.3, 0.4) is 0 Å². The summed E-state index contributed by atoms with van der Waals surface area (Å²) < 4.78 is 26.5. The molecule has 0 aliphatic rings. The molecule has 1 aromatic carbocycles. The molecule has 0 saturated carbocycles. The van der Waals surface area contributed by atoms with Crippen molar-refractivity contribution >= 4 is 5.91 Å². The summed E-state index contributed by atoms with van der Waals surface area (Å²) in [4.78, 5) is 11.9. The van der Waals surface area contributed by atoms with Crippen molar-refractivity contribution in [2.24, 2.45) is 5.92 Å². The molecule has 0 bridgehead atoms. The number of nitrogens with zero attached hydrogens (tertiary/aromatic N) is 1. The van der Waals surface area contributed by atoms with Crippen LogP contribution in [0.2, 0.25) is 0 Å². The number of carbonyl (C=O) groups excluding carboxylic acids is 1. The number of amides is 1. The molecule has 4 nitrogen and oxygen atoms in total. The summed E-state index contributed by atoms with van der Waals surface area (Å²) in [6.07, 6.45) is 0. The Morgan fingerprint density at radius 1 is 1.41 bits per heavy atom. The van der Waals surface area contributed by atoms with E-state index in [0.29, 0.717) is 5.56 Å². The largest absolute Gasteiger partial charge is 0.333 e. The third kappa shape index (κ3) is 4.50. The Kier molecular flexibility index (Phi) is 6.01. The number of carbonyl (C=O) groups is 1. The highest BCUT2D eigenvalue weighted by Crippen LogP contribution is 2.15. The molecule has 120 valence electrons. The Balaban J connectivity index is 2.62. The molecule has 0 unspecified atom stereocenters. The molecule has 0 saturated heterocycles. The SMILES string of the molecule is CC(C)[C@](C)(C#N)NC(=O)C[NH2+][C@@H](C)c1ccc(F)cc1F. The van der Waals surface area contributed by atoms with Crippen molar-refractivity contribution in [3.8, 4) is 6.07 Å². The predicted molar refractivity (Wildman–Crippen MR) is 78.6 cm³/mol. The second-order valence-corrected chi connectivity index (χ2v) is 5.91. The first-order chi connectivity index (χ1) is 10.2. The summed E-state index contributed by atoms with van der Waals surface area (Å²) >= 11 is 0. The first kappa shape index (κ1) is 18.1. The highest BCUT2D eigenvalue weighted by Gasteiger charge is 2.30. The number of benzene rings is 1. The molecule has 3 N–H and O–H groups in total. The van der Waals surface area contributed by atoms with Crippen LogP contribution in [0, 0.1) is 28.9 Å². The Morgan fingerprint density at radius 2 is 2.05 bits per heavy atom. The maximum absolute atomic E-state index is 13.7. The third-order valence-corrected chi connectivity index (χ3v) is 3.90. The standard InChI is InChI=1S/C16H21F2N3O/c1-10(2)16(4,9-19)21-15(22)8-20-11(3)13-6-5-12(17)7-14(13)18/h5-7,10-11,20H,8H2,1-4H3,(H,21,22)/p+1/t11-,16-/m0/s1. The average Bonchev–Trinajstić information content (AvgIpc) is 2.44. The molecule has 0 aromatic heterocycles. The van der Waals surface area contributed by atoms with Crippen LogP contribution in [-0.4, -0.2) is 18.0 Å². The topological polar surface area (TPSA) is 69.5 Å². The number of hydrogen-bond acceptors (Lipinski definition) is 2. The Labute approximate surface area is 129 Å². The summed E-state index contributed by atoms with van der Waals surface area (Å²) in [7, 11) is 0. The van der Waals surface area contributed by atoms with Gasteiger partial charge in [-0.05, 0) is 31.9 Å². The van der Waals surface area contributed by atoms with Gasteiger partial charge in [0.1, 0.15) is 23.2 Å². The van der Waals surface area contributed by atoms with E-state index in [1.165, 1.54) is 12.1 Å². The van der Waals surface area contributed by atoms with Gasteiger partial charge in [0, 0.05) is 11.6 Å². The van der Waals surface area contributed by atoms with Crippen LogP contribution in [0.5, 0.6) is 0 Å². The van der Waals surface area contributed by atoms with Crippen molar-refractivity contribution in [1.82, 2.24) is 5.32 Å². The molecule has 0 spiro atoms. The minimum atomic E-state index is -0.935. The van der Waals surface area contributed by atoms with Crippen molar-refractivity contribution in [2.75, 3.05) is 6.54 Å². The van der Waals surface area contributed by atoms with E-state index in [1.807, 2.05) is 13.8 Å². The van der Waals surface area contributed by atoms with E-state index >= 15 is 0 Å². The van der Waals surface area contributed by atoms with Crippen molar-refractivity contribution in [3.05, 3.63) is 35.4 Å². The van der Waals surface area contributed by atoms with Crippen molar-refractivity contribution < 1.29 is 18.9 Å². The van der Waals surface area contributed by atoms with Crippen molar-refractivity contribution in [3.63, 3.8) is 0 Å². The number of rotatable bonds is 6. The number of nitriles is 1. The lowest BCUT2D eigenvalue weighted by Crippen LogP contribution is -2.87. The highest BCUT2D eigenvalue weighted by atomic mass is 19.1. The third-order valence-electron chi connectivity index (χ3n) is 3.90. The van der Waals surface area contributed by atoms with Crippen LogP contribution >= 0.6 is 0 Å². The summed E-state index contributed by atoms with van der Waals surface area (Å²) in [5.74, 6) is -1.60. The van der Waals surface area contributed by atoms with Gasteiger partial charge >= 0.3 is 0 Å². The zero-order valence-electron chi connectivity index (χ0n) is 13.3. The fraction of sp³-hybridized carbons (Fsp3) is 0.500. The van der Waals surface area contributed by atoms with Gasteiger partial charge in [0.05, 0.1) is 6.07 Å². The van der Waals surface area contributed by atoms with Gasteiger partial charge in [-0.1, -0.05) is 13.8 Å². The number of quaternary nitrogens is 1. The molecule has 0 heterocycles. The van der Waals surface area contributed by atoms with Crippen LogP contribution in [0.25, 0.3) is 0 Å². The lowest BCUT2D eigenvalue weighted by Gasteiger charge is -2.27. The van der Waals surface area contributed by atoms with Gasteiger partial charge in [-0.3, -0.25) is 4.79 Å². The van der Waals surface area contributed by atoms with Crippen LogP contribution in [0.4, 0.5) is 8.78 Å². The van der Waals surface area contributed by atoms with Crippen LogP contribution in [0.15, 0.2) is 18.2 Å². The lowest BCUT2D eigenvalue weighted by molar-refractivity contribution is -0.682. The first-order valence-electron chi connectivity index (χ1n) is 7.20. The predicted octanol–water partition coefficient (Wildman–Crippen LogP) is 1.64. The Hall–Kier alpha value is -2.00. The van der Waals surface area contributed by atoms with Gasteiger partial charge in [0.25, 0.3) is 5.91 Å². The zero-order valence-corrected chi connectivity index (χ0v) is 13.3. The van der Waals surface area contributed by atoms with E-state index in [-0.39, 0.29) is 24.4 Å². The lowest BCUT2D eigenvalue weighted by atomic mass is 9.90. The summed E-state index contributed by atoms with van der Waals surface area (Å²) in [5.41, 5.74) is -0.601. The summed E-state index contributed by atoms with van der Waals surface area (Å²) in [5, 5.41) is 13.5. The minimum Gasteiger partial charge on any atom is -0.333 e. The van der Waals surface area contributed by atoms with Crippen molar-refractivity contribution in [1.29, 1.82) is 5.26 Å². The molecule has 0 radical (unpaired) electrons. The van der Waals surface area contributed by atoms with Crippen molar-refractivity contribution in [2.45, 2.75) is 39.3 Å². The van der Waals surface area contributed by atoms with E-state index in [4.69, 9.17) is 5.26 Å². The number of halogens is 2. The van der Waals surface area contributed by atoms with E-state index in [2.05, 4.69) is 11.4 Å². The quantitative estimate of drug-likeness (QED) is 0.838. The number of hydrogen-bond donors (Lipinski definition) is 2. The highest BCUT2D eigenvalue weighted by molar-refractivity contribution is 5.78. The molecular formula is C16H22F2N3O+. The Bertz CT molecular complexity index is 583. The molecule has 1 amide bonds. The Morgan fingerprint density at radius 3 is 2.55 bits per heavy atom. The maximum atomic E-state index is 13.7. The zero-order chi connectivity index (χ0) is 16.9. The van der Waals surface area contributed by atoms with Crippen LogP contribution in [-0.2, 0) is 4.79 Å². The van der Waals surface area contributed by atoms with E-state index < -0.39 is 17.2 Å². The molecule has 0 aliphatic carbocycles. The number of nitrogens with two attached hydrogens (primary N) is 1. The molecule has 1 rings (SSSR count). The number of nitrogens with one attached hydrogen (secondary N) is 1. The van der Waals surface area contributed by atoms with Gasteiger partial charge in [-0.25, -0.2) is 8.78 Å². The maximum Gasteiger partial charge on any atom is 0.276 e. The smallest absolute Gasteiger partial charge is 0.276 e. The molecule has 0 aliphatic heterocycles. The van der Waals surface area contributed by atoms with Crippen LogP contribution < -0.4 is 10.6 Å². The normalized spacial score (nSPS) is 15.0. The molecule has 22 heavy (non-hydrogen) atoms. The van der Waals surface area contributed by atoms with Gasteiger partial charge in [-0.2, -0.15) is 5.26 Å². The summed E-state index contributed by atoms with van der Waals surface area (Å²) in [6.45, 7) is 7.16. The fourth-order valence-electron chi connectivity index (χ4n) is 1.92. The molecular weight excluding hydrogens is 288 g/mol. The molecule has 2 atom stereocenters.